The molecular weight excluding hydrogens is 460 g/mol. The van der Waals surface area contributed by atoms with Crippen LogP contribution < -0.4 is 10.2 Å². The van der Waals surface area contributed by atoms with Crippen molar-refractivity contribution in [2.75, 3.05) is 45.3 Å². The number of carbonyl (C=O) groups excluding carboxylic acids is 2. The fraction of sp³-hybridized carbons (Fsp3) is 0.355. The summed E-state index contributed by atoms with van der Waals surface area (Å²) >= 11 is 0. The summed E-state index contributed by atoms with van der Waals surface area (Å²) in [5.41, 5.74) is 1.82. The SMILES string of the molecule is CN(C)C(=O)C(CCN1CCC2(CC1)C(=O)NCN2c1ccccc1)(c1ccccc1)c1ccccc1. The first-order chi connectivity index (χ1) is 18.0. The van der Waals surface area contributed by atoms with Crippen LogP contribution in [0.15, 0.2) is 91.0 Å². The molecule has 1 spiro atoms. The summed E-state index contributed by atoms with van der Waals surface area (Å²) in [5.74, 6) is 0.213. The van der Waals surface area contributed by atoms with Crippen LogP contribution in [0.1, 0.15) is 30.4 Å². The lowest BCUT2D eigenvalue weighted by atomic mass is 9.70. The number of anilines is 1. The van der Waals surface area contributed by atoms with E-state index in [1.807, 2.05) is 68.7 Å². The summed E-state index contributed by atoms with van der Waals surface area (Å²) in [4.78, 5) is 33.4. The van der Waals surface area contributed by atoms with Gasteiger partial charge in [0, 0.05) is 32.9 Å². The van der Waals surface area contributed by atoms with Crippen molar-refractivity contribution in [1.82, 2.24) is 15.1 Å². The van der Waals surface area contributed by atoms with Crippen LogP contribution in [0.3, 0.4) is 0 Å². The highest BCUT2D eigenvalue weighted by Crippen LogP contribution is 2.40. The Hall–Kier alpha value is -3.64. The van der Waals surface area contributed by atoms with Gasteiger partial charge < -0.3 is 20.0 Å². The smallest absolute Gasteiger partial charge is 0.247 e. The molecule has 6 heteroatoms. The van der Waals surface area contributed by atoms with Crippen LogP contribution in [-0.4, -0.2) is 67.6 Å². The van der Waals surface area contributed by atoms with E-state index in [1.54, 1.807) is 4.90 Å². The largest absolute Gasteiger partial charge is 0.348 e. The first kappa shape index (κ1) is 25.0. The summed E-state index contributed by atoms with van der Waals surface area (Å²) < 4.78 is 0. The number of hydrogen-bond acceptors (Lipinski definition) is 4. The Bertz CT molecular complexity index is 1170. The van der Waals surface area contributed by atoms with E-state index in [4.69, 9.17) is 0 Å². The molecule has 0 bridgehead atoms. The number of hydrogen-bond donors (Lipinski definition) is 1. The molecule has 0 atom stereocenters. The van der Waals surface area contributed by atoms with Gasteiger partial charge in [0.1, 0.15) is 11.0 Å². The molecule has 2 heterocycles. The van der Waals surface area contributed by atoms with Crippen molar-refractivity contribution in [3.8, 4) is 0 Å². The third kappa shape index (κ3) is 4.51. The Morgan fingerprint density at radius 2 is 1.38 bits per heavy atom. The van der Waals surface area contributed by atoms with Crippen LogP contribution in [0, 0.1) is 0 Å². The molecule has 3 aromatic rings. The van der Waals surface area contributed by atoms with Crippen LogP contribution in [0.2, 0.25) is 0 Å². The minimum absolute atomic E-state index is 0.0869. The minimum Gasteiger partial charge on any atom is -0.348 e. The number of nitrogens with zero attached hydrogens (tertiary/aromatic N) is 3. The fourth-order valence-electron chi connectivity index (χ4n) is 6.14. The quantitative estimate of drug-likeness (QED) is 0.540. The average Bonchev–Trinajstić information content (AvgIpc) is 3.26. The molecule has 2 fully saturated rings. The third-order valence-electron chi connectivity index (χ3n) is 8.20. The van der Waals surface area contributed by atoms with E-state index in [1.165, 1.54) is 0 Å². The normalized spacial score (nSPS) is 17.6. The zero-order valence-electron chi connectivity index (χ0n) is 21.8. The van der Waals surface area contributed by atoms with Gasteiger partial charge in [-0.2, -0.15) is 0 Å². The van der Waals surface area contributed by atoms with Crippen LogP contribution in [0.25, 0.3) is 0 Å². The molecule has 6 nitrogen and oxygen atoms in total. The lowest BCUT2D eigenvalue weighted by Crippen LogP contribution is -2.57. The Morgan fingerprint density at radius 1 is 0.865 bits per heavy atom. The number of benzene rings is 3. The molecule has 2 aliphatic rings. The fourth-order valence-corrected chi connectivity index (χ4v) is 6.14. The minimum atomic E-state index is -0.776. The van der Waals surface area contributed by atoms with E-state index in [2.05, 4.69) is 51.5 Å². The van der Waals surface area contributed by atoms with E-state index in [-0.39, 0.29) is 11.8 Å². The number of para-hydroxylation sites is 1. The molecule has 2 amide bonds. The van der Waals surface area contributed by atoms with Crippen molar-refractivity contribution in [1.29, 1.82) is 0 Å². The molecule has 0 saturated carbocycles. The molecule has 0 aliphatic carbocycles. The van der Waals surface area contributed by atoms with E-state index < -0.39 is 11.0 Å². The van der Waals surface area contributed by atoms with Gasteiger partial charge in [-0.15, -0.1) is 0 Å². The lowest BCUT2D eigenvalue weighted by molar-refractivity contribution is -0.133. The number of amides is 2. The summed E-state index contributed by atoms with van der Waals surface area (Å²) in [6, 6.07) is 30.5. The van der Waals surface area contributed by atoms with Crippen molar-refractivity contribution in [2.45, 2.75) is 30.2 Å². The Morgan fingerprint density at radius 3 is 1.89 bits per heavy atom. The van der Waals surface area contributed by atoms with E-state index in [0.29, 0.717) is 13.1 Å². The van der Waals surface area contributed by atoms with E-state index >= 15 is 0 Å². The summed E-state index contributed by atoms with van der Waals surface area (Å²) in [5, 5.41) is 3.09. The number of carbonyl (C=O) groups is 2. The van der Waals surface area contributed by atoms with Crippen molar-refractivity contribution < 1.29 is 9.59 Å². The maximum Gasteiger partial charge on any atom is 0.247 e. The van der Waals surface area contributed by atoms with E-state index in [9.17, 15) is 9.59 Å². The highest BCUT2D eigenvalue weighted by molar-refractivity contribution is 5.93. The van der Waals surface area contributed by atoms with Gasteiger partial charge in [0.2, 0.25) is 11.8 Å². The van der Waals surface area contributed by atoms with Crippen LogP contribution in [0.4, 0.5) is 5.69 Å². The molecule has 3 aromatic carbocycles. The molecule has 37 heavy (non-hydrogen) atoms. The van der Waals surface area contributed by atoms with Gasteiger partial charge in [0.15, 0.2) is 0 Å². The molecule has 5 rings (SSSR count). The second kappa shape index (κ2) is 10.4. The Balaban J connectivity index is 1.39. The monoisotopic (exact) mass is 496 g/mol. The van der Waals surface area contributed by atoms with Gasteiger partial charge >= 0.3 is 0 Å². The number of piperidine rings is 1. The second-order valence-electron chi connectivity index (χ2n) is 10.4. The number of nitrogens with one attached hydrogen (secondary N) is 1. The zero-order valence-corrected chi connectivity index (χ0v) is 21.8. The van der Waals surface area contributed by atoms with Gasteiger partial charge in [0.25, 0.3) is 0 Å². The first-order valence-corrected chi connectivity index (χ1v) is 13.1. The van der Waals surface area contributed by atoms with Crippen LogP contribution in [0.5, 0.6) is 0 Å². The van der Waals surface area contributed by atoms with Crippen LogP contribution >= 0.6 is 0 Å². The Labute approximate surface area is 219 Å². The zero-order chi connectivity index (χ0) is 25.9. The highest BCUT2D eigenvalue weighted by atomic mass is 16.2. The molecular formula is C31H36N4O2. The molecule has 2 saturated heterocycles. The molecule has 0 aromatic heterocycles. The maximum atomic E-state index is 13.9. The number of rotatable bonds is 7. The van der Waals surface area contributed by atoms with Crippen LogP contribution in [-0.2, 0) is 15.0 Å². The highest BCUT2D eigenvalue weighted by Gasteiger charge is 2.51. The summed E-state index contributed by atoms with van der Waals surface area (Å²) in [6.07, 6.45) is 2.19. The summed E-state index contributed by atoms with van der Waals surface area (Å²) in [6.45, 7) is 2.94. The van der Waals surface area contributed by atoms with Gasteiger partial charge in [-0.25, -0.2) is 0 Å². The average molecular weight is 497 g/mol. The standard InChI is InChI=1S/C31H36N4O2/c1-33(2)29(37)31(25-12-6-3-7-13-25,26-14-8-4-9-15-26)20-23-34-21-18-30(19-22-34)28(36)32-24-35(30)27-16-10-5-11-17-27/h3-17H,18-24H2,1-2H3,(H,32,36). The third-order valence-corrected chi connectivity index (χ3v) is 8.20. The van der Waals surface area contributed by atoms with Gasteiger partial charge in [-0.1, -0.05) is 78.9 Å². The number of likely N-dealkylation sites (N-methyl/N-ethyl adjacent to an activating group) is 1. The number of likely N-dealkylation sites (tertiary alicyclic amines) is 1. The van der Waals surface area contributed by atoms with Crippen molar-refractivity contribution in [2.24, 2.45) is 0 Å². The molecule has 192 valence electrons. The van der Waals surface area contributed by atoms with Crippen molar-refractivity contribution in [3.63, 3.8) is 0 Å². The predicted octanol–water partition coefficient (Wildman–Crippen LogP) is 3.88. The molecule has 0 unspecified atom stereocenters. The predicted molar refractivity (Wildman–Crippen MR) is 147 cm³/mol. The second-order valence-corrected chi connectivity index (χ2v) is 10.4. The molecule has 2 aliphatic heterocycles. The maximum absolute atomic E-state index is 13.9. The first-order valence-electron chi connectivity index (χ1n) is 13.1. The lowest BCUT2D eigenvalue weighted by Gasteiger charge is -2.44. The van der Waals surface area contributed by atoms with Crippen molar-refractivity contribution in [3.05, 3.63) is 102 Å². The van der Waals surface area contributed by atoms with Gasteiger partial charge in [-0.3, -0.25) is 9.59 Å². The Kier molecular flexibility index (Phi) is 7.02. The molecule has 1 N–H and O–H groups in total. The van der Waals surface area contributed by atoms with Crippen molar-refractivity contribution >= 4 is 17.5 Å². The van der Waals surface area contributed by atoms with E-state index in [0.717, 1.165) is 49.3 Å². The van der Waals surface area contributed by atoms with Gasteiger partial charge in [-0.05, 0) is 49.1 Å². The molecule has 0 radical (unpaired) electrons. The van der Waals surface area contributed by atoms with Gasteiger partial charge in [0.05, 0.1) is 6.67 Å². The summed E-state index contributed by atoms with van der Waals surface area (Å²) in [7, 11) is 3.68. The topological polar surface area (TPSA) is 55.9 Å².